The van der Waals surface area contributed by atoms with Crippen molar-refractivity contribution in [3.8, 4) is 0 Å². The summed E-state index contributed by atoms with van der Waals surface area (Å²) in [6.45, 7) is 0. The van der Waals surface area contributed by atoms with E-state index in [0.29, 0.717) is 18.3 Å². The van der Waals surface area contributed by atoms with E-state index in [9.17, 15) is 4.79 Å². The van der Waals surface area contributed by atoms with Crippen molar-refractivity contribution in [2.45, 2.75) is 24.8 Å². The van der Waals surface area contributed by atoms with Crippen molar-refractivity contribution in [3.63, 3.8) is 0 Å². The monoisotopic (exact) mass is 215 g/mol. The summed E-state index contributed by atoms with van der Waals surface area (Å²) in [4.78, 5) is 11.6. The van der Waals surface area contributed by atoms with Crippen molar-refractivity contribution in [1.82, 2.24) is 0 Å². The Labute approximate surface area is 96.4 Å². The molecule has 0 spiro atoms. The van der Waals surface area contributed by atoms with Gasteiger partial charge in [0, 0.05) is 6.42 Å². The first kappa shape index (κ1) is 11.2. The Hall–Kier alpha value is -1.29. The van der Waals surface area contributed by atoms with Crippen LogP contribution in [0.2, 0.25) is 0 Å². The van der Waals surface area contributed by atoms with Crippen LogP contribution in [0.5, 0.6) is 0 Å². The lowest BCUT2D eigenvalue weighted by Crippen LogP contribution is -2.53. The molecule has 0 saturated carbocycles. The molecule has 0 amide bonds. The quantitative estimate of drug-likeness (QED) is 0.523. The fourth-order valence-corrected chi connectivity index (χ4v) is 2.24. The van der Waals surface area contributed by atoms with Crippen LogP contribution in [0.4, 0.5) is 0 Å². The Balaban J connectivity index is 2.36. The molecule has 1 aliphatic carbocycles. The molecule has 0 aliphatic heterocycles. The third-order valence-electron chi connectivity index (χ3n) is 3.23. The molecule has 1 atom stereocenters. The van der Waals surface area contributed by atoms with Crippen LogP contribution in [0.15, 0.2) is 18.2 Å². The molecule has 0 aromatic heterocycles. The van der Waals surface area contributed by atoms with Crippen LogP contribution in [0.3, 0.4) is 0 Å². The number of benzene rings is 1. The maximum atomic E-state index is 11.6. The topological polar surface area (TPSA) is 52.3 Å². The summed E-state index contributed by atoms with van der Waals surface area (Å²) in [6, 6.07) is 5.79. The van der Waals surface area contributed by atoms with Gasteiger partial charge in [0.25, 0.3) is 0 Å². The van der Waals surface area contributed by atoms with E-state index in [-0.39, 0.29) is 5.97 Å². The molecule has 1 aliphatic rings. The minimum atomic E-state index is -0.919. The van der Waals surface area contributed by atoms with E-state index in [1.165, 1.54) is 12.7 Å². The molecule has 0 saturated heterocycles. The van der Waals surface area contributed by atoms with Crippen LogP contribution in [-0.2, 0) is 22.4 Å². The average molecular weight is 215 g/mol. The smallest absolute Gasteiger partial charge is 0.326 e. The highest BCUT2D eigenvalue weighted by Crippen LogP contribution is 2.26. The lowest BCUT2D eigenvalue weighted by atomic mass is 9.73. The third kappa shape index (κ3) is 1.73. The highest BCUT2D eigenvalue weighted by atomic mass is 16.5. The minimum absolute atomic E-state index is 0.360. The van der Waals surface area contributed by atoms with E-state index in [2.05, 4.69) is 0 Å². The predicted molar refractivity (Wildman–Crippen MR) is 62.8 cm³/mol. The Morgan fingerprint density at radius 2 is 2.31 bits per heavy atom. The van der Waals surface area contributed by atoms with Gasteiger partial charge < -0.3 is 10.5 Å². The Bertz CT molecular complexity index is 433. The molecule has 2 radical (unpaired) electrons. The van der Waals surface area contributed by atoms with E-state index in [4.69, 9.17) is 18.3 Å². The van der Waals surface area contributed by atoms with Gasteiger partial charge >= 0.3 is 5.97 Å². The van der Waals surface area contributed by atoms with Crippen LogP contribution < -0.4 is 11.2 Å². The van der Waals surface area contributed by atoms with Crippen LogP contribution in [0.1, 0.15) is 17.5 Å². The average Bonchev–Trinajstić information content (AvgIpc) is 2.29. The van der Waals surface area contributed by atoms with Gasteiger partial charge in [0.1, 0.15) is 13.4 Å². The summed E-state index contributed by atoms with van der Waals surface area (Å²) in [6.07, 6.45) is 1.84. The number of ether oxygens (including phenoxy) is 1. The van der Waals surface area contributed by atoms with Gasteiger partial charge in [0.2, 0.25) is 0 Å². The Morgan fingerprint density at radius 1 is 1.56 bits per heavy atom. The summed E-state index contributed by atoms with van der Waals surface area (Å²) in [5.41, 5.74) is 8.02. The molecule has 0 bridgehead atoms. The molecule has 2 rings (SSSR count). The maximum Gasteiger partial charge on any atom is 0.326 e. The molecule has 1 aromatic carbocycles. The van der Waals surface area contributed by atoms with Gasteiger partial charge in [-0.3, -0.25) is 4.79 Å². The van der Waals surface area contributed by atoms with Gasteiger partial charge in [0.15, 0.2) is 0 Å². The first-order valence-electron chi connectivity index (χ1n) is 5.30. The predicted octanol–water partition coefficient (Wildman–Crippen LogP) is -0.160. The van der Waals surface area contributed by atoms with Crippen LogP contribution in [0, 0.1) is 0 Å². The van der Waals surface area contributed by atoms with Crippen LogP contribution in [0.25, 0.3) is 0 Å². The number of fused-ring (bicyclic) bond motifs is 1. The highest BCUT2D eigenvalue weighted by molar-refractivity contribution is 6.33. The number of carbonyl (C=O) groups is 1. The van der Waals surface area contributed by atoms with Gasteiger partial charge in [-0.1, -0.05) is 23.7 Å². The number of aryl methyl sites for hydroxylation is 1. The number of nitrogens with two attached hydrogens (primary N) is 1. The van der Waals surface area contributed by atoms with Crippen molar-refractivity contribution in [2.24, 2.45) is 5.73 Å². The lowest BCUT2D eigenvalue weighted by molar-refractivity contribution is -0.147. The molecule has 3 nitrogen and oxygen atoms in total. The Morgan fingerprint density at radius 3 is 3.00 bits per heavy atom. The van der Waals surface area contributed by atoms with E-state index in [0.717, 1.165) is 12.0 Å². The number of hydrogen-bond donors (Lipinski definition) is 1. The van der Waals surface area contributed by atoms with E-state index in [1.807, 2.05) is 18.2 Å². The third-order valence-corrected chi connectivity index (χ3v) is 3.23. The van der Waals surface area contributed by atoms with E-state index in [1.54, 1.807) is 0 Å². The van der Waals surface area contributed by atoms with Gasteiger partial charge in [-0.25, -0.2) is 0 Å². The van der Waals surface area contributed by atoms with Crippen LogP contribution >= 0.6 is 0 Å². The number of rotatable bonds is 1. The molecule has 1 unspecified atom stereocenters. The van der Waals surface area contributed by atoms with Crippen LogP contribution in [-0.4, -0.2) is 26.5 Å². The fraction of sp³-hybridized carbons (Fsp3) is 0.417. The first-order valence-corrected chi connectivity index (χ1v) is 5.30. The summed E-state index contributed by atoms with van der Waals surface area (Å²) in [5, 5.41) is 0. The second kappa shape index (κ2) is 3.94. The normalized spacial score (nSPS) is 23.6. The summed E-state index contributed by atoms with van der Waals surface area (Å²) >= 11 is 0. The first-order chi connectivity index (χ1) is 7.57. The zero-order valence-electron chi connectivity index (χ0n) is 9.32. The summed E-state index contributed by atoms with van der Waals surface area (Å²) in [5.74, 6) is -0.360. The van der Waals surface area contributed by atoms with Crippen molar-refractivity contribution in [1.29, 1.82) is 0 Å². The molecule has 1 aromatic rings. The summed E-state index contributed by atoms with van der Waals surface area (Å²) in [7, 11) is 7.26. The molecule has 16 heavy (non-hydrogen) atoms. The van der Waals surface area contributed by atoms with Gasteiger partial charge in [-0.05, 0) is 24.0 Å². The molecular formula is C12H14BNO2. The van der Waals surface area contributed by atoms with Gasteiger partial charge in [0.05, 0.1) is 7.11 Å². The highest BCUT2D eigenvalue weighted by Gasteiger charge is 2.38. The van der Waals surface area contributed by atoms with Crippen molar-refractivity contribution in [2.75, 3.05) is 7.11 Å². The zero-order chi connectivity index (χ0) is 11.8. The number of esters is 1. The molecule has 0 fully saturated rings. The molecule has 4 heteroatoms. The molecule has 2 N–H and O–H groups in total. The standard InChI is InChI=1S/C12H14BNO2/c1-16-11(15)12(14)6-5-8-3-2-4-10(13)9(8)7-12/h2-4H,5-7,14H2,1H3. The minimum Gasteiger partial charge on any atom is -0.468 e. The largest absolute Gasteiger partial charge is 0.468 e. The zero-order valence-corrected chi connectivity index (χ0v) is 9.32. The maximum absolute atomic E-state index is 11.6. The SMILES string of the molecule is [B]c1cccc2c1CC(N)(C(=O)OC)CC2. The van der Waals surface area contributed by atoms with E-state index < -0.39 is 5.54 Å². The van der Waals surface area contributed by atoms with Gasteiger partial charge in [-0.2, -0.15) is 0 Å². The fourth-order valence-electron chi connectivity index (χ4n) is 2.24. The van der Waals surface area contributed by atoms with Crippen molar-refractivity contribution >= 4 is 19.3 Å². The van der Waals surface area contributed by atoms with Gasteiger partial charge in [-0.15, -0.1) is 0 Å². The second-order valence-electron chi connectivity index (χ2n) is 4.31. The van der Waals surface area contributed by atoms with Crippen molar-refractivity contribution in [3.05, 3.63) is 29.3 Å². The molecular weight excluding hydrogens is 201 g/mol. The Kier molecular flexibility index (Phi) is 2.76. The number of carbonyl (C=O) groups excluding carboxylic acids is 1. The van der Waals surface area contributed by atoms with E-state index >= 15 is 0 Å². The second-order valence-corrected chi connectivity index (χ2v) is 4.31. The summed E-state index contributed by atoms with van der Waals surface area (Å²) < 4.78 is 4.74. The number of hydrogen-bond acceptors (Lipinski definition) is 3. The van der Waals surface area contributed by atoms with Crippen molar-refractivity contribution < 1.29 is 9.53 Å². The molecule has 82 valence electrons. The number of methoxy groups -OCH3 is 1. The molecule has 0 heterocycles. The lowest BCUT2D eigenvalue weighted by Gasteiger charge is -2.33.